The molecule has 0 spiro atoms. The van der Waals surface area contributed by atoms with E-state index in [9.17, 15) is 90.4 Å². The van der Waals surface area contributed by atoms with Crippen LogP contribution in [-0.4, -0.2) is 271 Å². The lowest BCUT2D eigenvalue weighted by atomic mass is 9.99. The number of carbonyl (C=O) groups is 5. The van der Waals surface area contributed by atoms with Crippen LogP contribution in [-0.2, 0) is 38.2 Å². The first-order valence-corrected chi connectivity index (χ1v) is 36.3. The van der Waals surface area contributed by atoms with Gasteiger partial charge in [-0.25, -0.2) is 14.8 Å². The lowest BCUT2D eigenvalue weighted by molar-refractivity contribution is -0.277. The summed E-state index contributed by atoms with van der Waals surface area (Å²) in [5.41, 5.74) is 14.0. The van der Waals surface area contributed by atoms with E-state index in [0.717, 1.165) is 0 Å². The van der Waals surface area contributed by atoms with Crippen LogP contribution in [0, 0.1) is 5.41 Å². The molecule has 8 bridgehead atoms. The number of rotatable bonds is 30. The SMILES string of the molecule is N=C(N)NCCCC(NC(=O)CCCOc1ccc(-c2c3nc(c(-c4ccc(O[C@@H]5O[C@H](CO)[C@@H](O)[C@H](O)[C@H]5O)cc4)c4ccc([nH]4)c(-c4ccc(O[C@@H]5O[C@H](CO)[C@@H](O)[C@H](O)[C@H]5O)cc4)c4nc(c(-c5ccc(O[C@@H]6O[C@H](CO)[C@@H](O)[C@H](O)[C@H]6O)cc5)c5ccc2[nH]5)C=C4)C=C3)cc1)C(=O)NCC(=O)NC(CC(=O)O)C(=O)O. The van der Waals surface area contributed by atoms with Crippen molar-refractivity contribution in [2.24, 2.45) is 5.73 Å². The Morgan fingerprint density at radius 1 is 0.456 bits per heavy atom. The number of carbonyl (C=O) groups excluding carboxylic acids is 3. The van der Waals surface area contributed by atoms with Gasteiger partial charge in [0.15, 0.2) is 5.96 Å². The van der Waals surface area contributed by atoms with Crippen LogP contribution in [0.4, 0.5) is 0 Å². The summed E-state index contributed by atoms with van der Waals surface area (Å²) < 4.78 is 41.2. The van der Waals surface area contributed by atoms with E-state index in [1.165, 1.54) is 0 Å². The van der Waals surface area contributed by atoms with E-state index < -0.39 is 167 Å². The van der Waals surface area contributed by atoms with Crippen molar-refractivity contribution in [1.29, 1.82) is 5.41 Å². The van der Waals surface area contributed by atoms with Crippen LogP contribution < -0.4 is 45.9 Å². The molecule has 4 aromatic carbocycles. The Labute approximate surface area is 647 Å². The summed E-state index contributed by atoms with van der Waals surface area (Å²) in [6, 6.07) is 31.6. The first-order valence-electron chi connectivity index (χ1n) is 36.3. The number of aliphatic hydroxyl groups excluding tert-OH is 12. The topological polar surface area (TPSA) is 589 Å². The first kappa shape index (κ1) is 82.2. The minimum absolute atomic E-state index is 0.0175. The number of aliphatic carboxylic acids is 2. The van der Waals surface area contributed by atoms with Crippen LogP contribution in [0.15, 0.2) is 121 Å². The number of hydrogen-bond acceptors (Lipinski definition) is 27. The summed E-state index contributed by atoms with van der Waals surface area (Å²) >= 11 is 0. The monoisotopic (exact) mass is 1580 g/mol. The van der Waals surface area contributed by atoms with Gasteiger partial charge in [0.05, 0.1) is 62.2 Å². The summed E-state index contributed by atoms with van der Waals surface area (Å²) in [6.45, 7) is -2.61. The van der Waals surface area contributed by atoms with E-state index in [0.29, 0.717) is 95.1 Å². The highest BCUT2D eigenvalue weighted by molar-refractivity contribution is 6.00. The second-order valence-electron chi connectivity index (χ2n) is 27.4. The fourth-order valence-corrected chi connectivity index (χ4v) is 13.5. The highest BCUT2D eigenvalue weighted by Crippen LogP contribution is 2.41. The Hall–Kier alpha value is -11.3. The van der Waals surface area contributed by atoms with Gasteiger partial charge < -0.3 is 142 Å². The molecule has 3 aromatic heterocycles. The number of amides is 3. The third-order valence-electron chi connectivity index (χ3n) is 19.5. The van der Waals surface area contributed by atoms with Crippen molar-refractivity contribution in [3.63, 3.8) is 0 Å². The summed E-state index contributed by atoms with van der Waals surface area (Å²) in [4.78, 5) is 80.1. The predicted octanol–water partition coefficient (Wildman–Crippen LogP) is -0.0729. The van der Waals surface area contributed by atoms with Crippen molar-refractivity contribution >= 4 is 82.0 Å². The summed E-state index contributed by atoms with van der Waals surface area (Å²) in [7, 11) is 0. The molecule has 604 valence electrons. The second kappa shape index (κ2) is 36.7. The molecule has 7 aromatic rings. The third kappa shape index (κ3) is 19.0. The van der Waals surface area contributed by atoms with Gasteiger partial charge >= 0.3 is 11.9 Å². The molecule has 5 aliphatic heterocycles. The van der Waals surface area contributed by atoms with Crippen LogP contribution in [0.3, 0.4) is 0 Å². The summed E-state index contributed by atoms with van der Waals surface area (Å²) in [5, 5.41) is 161. The minimum Gasteiger partial charge on any atom is -0.494 e. The number of H-pyrrole nitrogens is 2. The number of nitrogens with two attached hydrogens (primary N) is 1. The molecule has 3 fully saturated rings. The van der Waals surface area contributed by atoms with E-state index in [1.807, 2.05) is 66.0 Å². The van der Waals surface area contributed by atoms with Crippen molar-refractivity contribution in [3.8, 4) is 67.5 Å². The molecule has 0 saturated carbocycles. The zero-order valence-corrected chi connectivity index (χ0v) is 60.6. The van der Waals surface area contributed by atoms with Gasteiger partial charge in [-0.2, -0.15) is 0 Å². The molecule has 17 atom stereocenters. The van der Waals surface area contributed by atoms with Crippen LogP contribution in [0.25, 0.3) is 90.9 Å². The molecule has 3 saturated heterocycles. The lowest BCUT2D eigenvalue weighted by Crippen LogP contribution is -2.60. The van der Waals surface area contributed by atoms with Gasteiger partial charge in [0.2, 0.25) is 36.6 Å². The third-order valence-corrected chi connectivity index (χ3v) is 19.5. The lowest BCUT2D eigenvalue weighted by Gasteiger charge is -2.39. The average Bonchev–Trinajstić information content (AvgIpc) is 1.57. The molecule has 8 heterocycles. The van der Waals surface area contributed by atoms with E-state index in [1.54, 1.807) is 84.9 Å². The van der Waals surface area contributed by atoms with Gasteiger partial charge in [0.25, 0.3) is 0 Å². The maximum atomic E-state index is 13.4. The average molecular weight is 1580 g/mol. The molecule has 23 N–H and O–H groups in total. The predicted molar refractivity (Wildman–Crippen MR) is 404 cm³/mol. The number of aromatic amines is 2. The molecule has 36 heteroatoms. The van der Waals surface area contributed by atoms with Gasteiger partial charge in [-0.05, 0) is 139 Å². The van der Waals surface area contributed by atoms with Gasteiger partial charge in [-0.3, -0.25) is 24.6 Å². The zero-order chi connectivity index (χ0) is 81.2. The maximum absolute atomic E-state index is 13.4. The minimum atomic E-state index is -1.77. The Kier molecular flexibility index (Phi) is 26.4. The molecular formula is C78H86N10O26. The van der Waals surface area contributed by atoms with E-state index in [-0.39, 0.29) is 62.0 Å². The smallest absolute Gasteiger partial charge is 0.326 e. The van der Waals surface area contributed by atoms with E-state index >= 15 is 0 Å². The molecule has 36 nitrogen and oxygen atoms in total. The number of hydrogen-bond donors (Lipinski definition) is 22. The highest BCUT2D eigenvalue weighted by Gasteiger charge is 2.47. The maximum Gasteiger partial charge on any atom is 0.326 e. The number of guanidine groups is 1. The van der Waals surface area contributed by atoms with Crippen molar-refractivity contribution in [2.45, 2.75) is 136 Å². The fourth-order valence-electron chi connectivity index (χ4n) is 13.5. The van der Waals surface area contributed by atoms with Crippen molar-refractivity contribution in [2.75, 3.05) is 39.5 Å². The number of carboxylic acids is 2. The van der Waals surface area contributed by atoms with E-state index in [2.05, 4.69) is 25.9 Å². The van der Waals surface area contributed by atoms with Crippen molar-refractivity contribution in [1.82, 2.24) is 41.2 Å². The quantitative estimate of drug-likeness (QED) is 0.0159. The Bertz CT molecular complexity index is 4770. The zero-order valence-electron chi connectivity index (χ0n) is 60.6. The number of ether oxygens (including phenoxy) is 7. The normalized spacial score (nSPS) is 24.3. The first-order chi connectivity index (χ1) is 54.8. The van der Waals surface area contributed by atoms with E-state index in [4.69, 9.17) is 59.4 Å². The number of fused-ring (bicyclic) bond motifs is 8. The standard InChI is InChI=1S/C78H86N10O26/c79-78(80)81-29-1-3-52(73(105)82-32-58(93)88-53(74(106)107)31-59(94)95)87-57(92)4-2-30-108-40-13-5-36(6-14-40)60-44-21-23-46(83-44)61(37-7-15-41(16-8-37)109-75-70(102)67(99)64(96)54(33-89)112-75)48-25-27-50(85-48)63(39-11-19-43(20-12-39)111-77-72(104)69(101)66(98)56(35-91)114-77)51-28-26-49(86-51)62(47-24-22-45(60)84-47)38-9-17-42(18-10-38)110-76-71(103)68(100)65(97)55(34-90)113-76/h5-28,52-56,64-72,75-77,83,86,89-91,96-104H,1-4,29-35H2,(H,82,105)(H,87,92)(H,88,93)(H,94,95)(H,106,107)(H4,79,80,81)/t52?,53?,54-,55-,56-,64-,65-,66-,67+,68+,69+,70-,71-,72-,75-,76-,77-/m1/s1. The molecular weight excluding hydrogens is 1490 g/mol. The molecule has 3 amide bonds. The van der Waals surface area contributed by atoms with Gasteiger partial charge in [0, 0.05) is 57.3 Å². The Balaban J connectivity index is 0.916. The highest BCUT2D eigenvalue weighted by atomic mass is 16.7. The number of aromatic nitrogens is 4. The Morgan fingerprint density at radius 3 is 1.14 bits per heavy atom. The van der Waals surface area contributed by atoms with Crippen LogP contribution in [0.5, 0.6) is 23.0 Å². The van der Waals surface area contributed by atoms with Crippen LogP contribution in [0.2, 0.25) is 0 Å². The van der Waals surface area contributed by atoms with Crippen molar-refractivity contribution < 1.29 is 129 Å². The van der Waals surface area contributed by atoms with Crippen LogP contribution in [0.1, 0.15) is 54.9 Å². The molecule has 2 unspecified atom stereocenters. The van der Waals surface area contributed by atoms with Crippen LogP contribution >= 0.6 is 0 Å². The molecule has 114 heavy (non-hydrogen) atoms. The molecule has 5 aliphatic rings. The molecule has 0 aliphatic carbocycles. The number of carboxylic acid groups (broad SMARTS) is 2. The van der Waals surface area contributed by atoms with Gasteiger partial charge in [0.1, 0.15) is 108 Å². The van der Waals surface area contributed by atoms with Crippen molar-refractivity contribution in [3.05, 3.63) is 144 Å². The number of aliphatic hydroxyl groups is 12. The Morgan fingerprint density at radius 2 is 0.807 bits per heavy atom. The second-order valence-corrected chi connectivity index (χ2v) is 27.4. The number of benzene rings is 4. The molecule has 0 radical (unpaired) electrons. The number of nitrogens with zero attached hydrogens (tertiary/aromatic N) is 2. The fraction of sp³-hybridized carbons (Fsp3) is 0.359. The van der Waals surface area contributed by atoms with Gasteiger partial charge in [-0.15, -0.1) is 0 Å². The summed E-state index contributed by atoms with van der Waals surface area (Å²) in [5.74, 6) is -4.83. The summed E-state index contributed by atoms with van der Waals surface area (Å²) in [6.07, 6.45) is -16.7. The number of nitrogens with one attached hydrogen (secondary N) is 7. The largest absolute Gasteiger partial charge is 0.494 e. The molecule has 12 rings (SSSR count). The van der Waals surface area contributed by atoms with Gasteiger partial charge in [-0.1, -0.05) is 48.5 Å².